The van der Waals surface area contributed by atoms with Crippen LogP contribution in [0.5, 0.6) is 0 Å². The van der Waals surface area contributed by atoms with Crippen molar-refractivity contribution in [2.75, 3.05) is 18.6 Å². The van der Waals surface area contributed by atoms with Crippen LogP contribution in [-0.4, -0.2) is 42.3 Å². The molecule has 0 spiro atoms. The summed E-state index contributed by atoms with van der Waals surface area (Å²) in [4.78, 5) is 23.0. The third kappa shape index (κ3) is 7.90. The minimum atomic E-state index is -0.667. The zero-order valence-electron chi connectivity index (χ0n) is 11.0. The standard InChI is InChI=1S/C11H21NO4S/c1-6-15-9(13)8(7-17-5)12-10(14)16-11(2,3)4/h8H,6-7H2,1-5H3,(H,12,14)/t8-/m0/s1. The van der Waals surface area contributed by atoms with Gasteiger partial charge in [-0.2, -0.15) is 11.8 Å². The molecule has 0 bridgehead atoms. The number of carbonyl (C=O) groups excluding carboxylic acids is 2. The summed E-state index contributed by atoms with van der Waals surface area (Å²) in [6.45, 7) is 7.31. The van der Waals surface area contributed by atoms with E-state index >= 15 is 0 Å². The van der Waals surface area contributed by atoms with Gasteiger partial charge in [-0.15, -0.1) is 0 Å². The van der Waals surface area contributed by atoms with Gasteiger partial charge in [-0.3, -0.25) is 0 Å². The molecular formula is C11H21NO4S. The van der Waals surface area contributed by atoms with Gasteiger partial charge in [0.1, 0.15) is 11.6 Å². The van der Waals surface area contributed by atoms with Crippen molar-refractivity contribution in [3.8, 4) is 0 Å². The number of carbonyl (C=O) groups is 2. The van der Waals surface area contributed by atoms with Crippen molar-refractivity contribution in [1.29, 1.82) is 0 Å². The third-order valence-electron chi connectivity index (χ3n) is 1.60. The predicted octanol–water partition coefficient (Wildman–Crippen LogP) is 1.81. The van der Waals surface area contributed by atoms with Crippen LogP contribution >= 0.6 is 11.8 Å². The van der Waals surface area contributed by atoms with Gasteiger partial charge in [0.25, 0.3) is 0 Å². The molecule has 1 N–H and O–H groups in total. The summed E-state index contributed by atoms with van der Waals surface area (Å²) in [6, 6.07) is -0.667. The number of amides is 1. The maximum absolute atomic E-state index is 11.5. The largest absolute Gasteiger partial charge is 0.464 e. The molecule has 0 unspecified atom stereocenters. The van der Waals surface area contributed by atoms with Crippen molar-refractivity contribution in [2.45, 2.75) is 39.3 Å². The fourth-order valence-electron chi connectivity index (χ4n) is 1.03. The first kappa shape index (κ1) is 16.1. The first-order chi connectivity index (χ1) is 7.80. The second-order valence-electron chi connectivity index (χ2n) is 4.41. The lowest BCUT2D eigenvalue weighted by Gasteiger charge is -2.22. The molecule has 17 heavy (non-hydrogen) atoms. The van der Waals surface area contributed by atoms with Crippen LogP contribution in [-0.2, 0) is 14.3 Å². The lowest BCUT2D eigenvalue weighted by atomic mass is 10.2. The lowest BCUT2D eigenvalue weighted by Crippen LogP contribution is -2.45. The van der Waals surface area contributed by atoms with Crippen LogP contribution in [0.1, 0.15) is 27.7 Å². The van der Waals surface area contributed by atoms with Gasteiger partial charge < -0.3 is 14.8 Å². The Bertz CT molecular complexity index is 263. The number of hydrogen-bond acceptors (Lipinski definition) is 5. The average Bonchev–Trinajstić information content (AvgIpc) is 2.14. The third-order valence-corrected chi connectivity index (χ3v) is 2.26. The molecule has 0 aliphatic rings. The summed E-state index contributed by atoms with van der Waals surface area (Å²) in [5.74, 6) is 0.0191. The van der Waals surface area contributed by atoms with Crippen molar-refractivity contribution in [3.63, 3.8) is 0 Å². The monoisotopic (exact) mass is 263 g/mol. The summed E-state index contributed by atoms with van der Waals surface area (Å²) >= 11 is 1.45. The van der Waals surface area contributed by atoms with Gasteiger partial charge in [0, 0.05) is 5.75 Å². The zero-order valence-corrected chi connectivity index (χ0v) is 11.8. The van der Waals surface area contributed by atoms with Crippen molar-refractivity contribution in [1.82, 2.24) is 5.32 Å². The van der Waals surface area contributed by atoms with Crippen LogP contribution in [0, 0.1) is 0 Å². The van der Waals surface area contributed by atoms with Crippen LogP contribution in [0.15, 0.2) is 0 Å². The topological polar surface area (TPSA) is 64.6 Å². The van der Waals surface area contributed by atoms with Crippen molar-refractivity contribution in [3.05, 3.63) is 0 Å². The van der Waals surface area contributed by atoms with Crippen LogP contribution < -0.4 is 5.32 Å². The molecule has 0 rings (SSSR count). The molecule has 0 aliphatic heterocycles. The second kappa shape index (κ2) is 7.42. The molecule has 0 aromatic rings. The van der Waals surface area contributed by atoms with Crippen LogP contribution in [0.2, 0.25) is 0 Å². The maximum atomic E-state index is 11.5. The number of alkyl carbamates (subject to hydrolysis) is 1. The van der Waals surface area contributed by atoms with Crippen LogP contribution in [0.4, 0.5) is 4.79 Å². The molecule has 1 atom stereocenters. The van der Waals surface area contributed by atoms with Gasteiger partial charge >= 0.3 is 12.1 Å². The van der Waals surface area contributed by atoms with E-state index in [1.807, 2.05) is 6.26 Å². The van der Waals surface area contributed by atoms with Gasteiger partial charge in [-0.05, 0) is 34.0 Å². The number of esters is 1. The predicted molar refractivity (Wildman–Crippen MR) is 68.2 cm³/mol. The molecule has 0 aromatic carbocycles. The highest BCUT2D eigenvalue weighted by molar-refractivity contribution is 7.98. The molecule has 0 aliphatic carbocycles. The van der Waals surface area contributed by atoms with Crippen molar-refractivity contribution >= 4 is 23.8 Å². The zero-order chi connectivity index (χ0) is 13.5. The fourth-order valence-corrected chi connectivity index (χ4v) is 1.58. The van der Waals surface area contributed by atoms with Gasteiger partial charge in [-0.1, -0.05) is 0 Å². The number of hydrogen-bond donors (Lipinski definition) is 1. The van der Waals surface area contributed by atoms with Gasteiger partial charge in [-0.25, -0.2) is 9.59 Å². The van der Waals surface area contributed by atoms with Gasteiger partial charge in [0.2, 0.25) is 0 Å². The summed E-state index contributed by atoms with van der Waals surface area (Å²) < 4.78 is 9.94. The highest BCUT2D eigenvalue weighted by Gasteiger charge is 2.24. The number of ether oxygens (including phenoxy) is 2. The molecule has 0 heterocycles. The molecule has 6 heteroatoms. The van der Waals surface area contributed by atoms with Gasteiger partial charge in [0.05, 0.1) is 6.61 Å². The lowest BCUT2D eigenvalue weighted by molar-refractivity contribution is -0.145. The molecule has 0 aromatic heterocycles. The van der Waals surface area contributed by atoms with Gasteiger partial charge in [0.15, 0.2) is 0 Å². The summed E-state index contributed by atoms with van der Waals surface area (Å²) in [5.41, 5.74) is -0.581. The minimum Gasteiger partial charge on any atom is -0.464 e. The summed E-state index contributed by atoms with van der Waals surface area (Å²) in [6.07, 6.45) is 1.24. The van der Waals surface area contributed by atoms with E-state index in [1.54, 1.807) is 27.7 Å². The molecule has 0 saturated carbocycles. The summed E-state index contributed by atoms with van der Waals surface area (Å²) in [7, 11) is 0. The Labute approximate surface area is 107 Å². The van der Waals surface area contributed by atoms with E-state index in [0.29, 0.717) is 12.4 Å². The average molecular weight is 263 g/mol. The van der Waals surface area contributed by atoms with E-state index in [4.69, 9.17) is 9.47 Å². The Balaban J connectivity index is 4.34. The molecule has 0 saturated heterocycles. The number of rotatable bonds is 5. The van der Waals surface area contributed by atoms with Crippen molar-refractivity contribution in [2.24, 2.45) is 0 Å². The maximum Gasteiger partial charge on any atom is 0.408 e. The van der Waals surface area contributed by atoms with E-state index in [1.165, 1.54) is 11.8 Å². The van der Waals surface area contributed by atoms with E-state index < -0.39 is 23.7 Å². The Morgan fingerprint density at radius 1 is 1.35 bits per heavy atom. The number of thioether (sulfide) groups is 1. The number of nitrogens with one attached hydrogen (secondary N) is 1. The molecule has 0 fully saturated rings. The van der Waals surface area contributed by atoms with E-state index in [2.05, 4.69) is 5.32 Å². The van der Waals surface area contributed by atoms with E-state index in [-0.39, 0.29) is 0 Å². The SMILES string of the molecule is CCOC(=O)[C@H](CSC)NC(=O)OC(C)(C)C. The summed E-state index contributed by atoms with van der Waals surface area (Å²) in [5, 5.41) is 2.50. The first-order valence-electron chi connectivity index (χ1n) is 5.45. The smallest absolute Gasteiger partial charge is 0.408 e. The second-order valence-corrected chi connectivity index (χ2v) is 5.32. The molecule has 100 valence electrons. The minimum absolute atomic E-state index is 0.291. The first-order valence-corrected chi connectivity index (χ1v) is 6.84. The Morgan fingerprint density at radius 2 is 1.94 bits per heavy atom. The Hall–Kier alpha value is -0.910. The molecule has 1 amide bonds. The molecular weight excluding hydrogens is 242 g/mol. The van der Waals surface area contributed by atoms with E-state index in [9.17, 15) is 9.59 Å². The highest BCUT2D eigenvalue weighted by atomic mass is 32.2. The van der Waals surface area contributed by atoms with Crippen LogP contribution in [0.25, 0.3) is 0 Å². The Kier molecular flexibility index (Phi) is 7.03. The fraction of sp³-hybridized carbons (Fsp3) is 0.818. The quantitative estimate of drug-likeness (QED) is 0.766. The van der Waals surface area contributed by atoms with E-state index in [0.717, 1.165) is 0 Å². The van der Waals surface area contributed by atoms with Crippen LogP contribution in [0.3, 0.4) is 0 Å². The normalized spacial score (nSPS) is 12.8. The van der Waals surface area contributed by atoms with Crippen molar-refractivity contribution < 1.29 is 19.1 Å². The highest BCUT2D eigenvalue weighted by Crippen LogP contribution is 2.08. The molecule has 0 radical (unpaired) electrons. The molecule has 5 nitrogen and oxygen atoms in total. The Morgan fingerprint density at radius 3 is 2.35 bits per heavy atom.